The number of fused-ring (bicyclic) bond motifs is 1. The third-order valence-corrected chi connectivity index (χ3v) is 4.33. The molecule has 0 atom stereocenters. The van der Waals surface area contributed by atoms with Crippen LogP contribution in [0.2, 0.25) is 0 Å². The largest absolute Gasteiger partial charge is 0.370 e. The Labute approximate surface area is 122 Å². The van der Waals surface area contributed by atoms with Crippen LogP contribution in [0.1, 0.15) is 5.69 Å². The van der Waals surface area contributed by atoms with Crippen LogP contribution in [-0.4, -0.2) is 51.4 Å². The van der Waals surface area contributed by atoms with Gasteiger partial charge in [-0.25, -0.2) is 4.98 Å². The minimum atomic E-state index is 0.675. The number of hydrogen-bond acceptors (Lipinski definition) is 3. The summed E-state index contributed by atoms with van der Waals surface area (Å²) in [5.74, 6) is 2.96. The van der Waals surface area contributed by atoms with Crippen LogP contribution < -0.4 is 5.73 Å². The van der Waals surface area contributed by atoms with Gasteiger partial charge in [0.1, 0.15) is 5.65 Å². The van der Waals surface area contributed by atoms with Gasteiger partial charge in [0.25, 0.3) is 0 Å². The van der Waals surface area contributed by atoms with Crippen molar-refractivity contribution in [1.82, 2.24) is 14.3 Å². The van der Waals surface area contributed by atoms with E-state index in [0.717, 1.165) is 42.4 Å². The summed E-state index contributed by atoms with van der Waals surface area (Å²) < 4.78 is 2.03. The normalized spacial score (nSPS) is 16.8. The van der Waals surface area contributed by atoms with Gasteiger partial charge in [-0.1, -0.05) is 6.07 Å². The molecule has 0 unspecified atom stereocenters. The van der Waals surface area contributed by atoms with Crippen LogP contribution >= 0.6 is 11.8 Å². The highest BCUT2D eigenvalue weighted by Crippen LogP contribution is 2.09. The van der Waals surface area contributed by atoms with E-state index < -0.39 is 0 Å². The first kappa shape index (κ1) is 13.3. The van der Waals surface area contributed by atoms with Crippen molar-refractivity contribution in [2.24, 2.45) is 10.7 Å². The van der Waals surface area contributed by atoms with Gasteiger partial charge < -0.3 is 15.0 Å². The average molecular weight is 289 g/mol. The third-order valence-electron chi connectivity index (χ3n) is 3.39. The molecule has 1 saturated heterocycles. The molecule has 0 bridgehead atoms. The fourth-order valence-electron chi connectivity index (χ4n) is 2.29. The minimum absolute atomic E-state index is 0.675. The highest BCUT2D eigenvalue weighted by Gasteiger charge is 2.11. The molecule has 5 nitrogen and oxygen atoms in total. The summed E-state index contributed by atoms with van der Waals surface area (Å²) in [5.41, 5.74) is 8.07. The van der Waals surface area contributed by atoms with Crippen LogP contribution in [0, 0.1) is 0 Å². The highest BCUT2D eigenvalue weighted by molar-refractivity contribution is 7.99. The Morgan fingerprint density at radius 3 is 3.00 bits per heavy atom. The molecule has 6 heteroatoms. The van der Waals surface area contributed by atoms with Gasteiger partial charge in [0.15, 0.2) is 5.96 Å². The lowest BCUT2D eigenvalue weighted by molar-refractivity contribution is 0.456. The van der Waals surface area contributed by atoms with E-state index in [-0.39, 0.29) is 0 Å². The van der Waals surface area contributed by atoms with Crippen LogP contribution in [0.15, 0.2) is 35.6 Å². The zero-order valence-corrected chi connectivity index (χ0v) is 12.2. The van der Waals surface area contributed by atoms with Crippen molar-refractivity contribution in [3.05, 3.63) is 36.3 Å². The number of imidazole rings is 1. The molecule has 20 heavy (non-hydrogen) atoms. The Bertz CT molecular complexity index is 567. The SMILES string of the molecule is NC(=NCCc1cn2ccccc2n1)N1CCSCC1. The van der Waals surface area contributed by atoms with E-state index in [1.165, 1.54) is 0 Å². The topological polar surface area (TPSA) is 58.9 Å². The molecule has 1 aliphatic heterocycles. The molecule has 0 aromatic carbocycles. The van der Waals surface area contributed by atoms with Gasteiger partial charge in [-0.2, -0.15) is 11.8 Å². The summed E-state index contributed by atoms with van der Waals surface area (Å²) >= 11 is 1.97. The molecule has 2 N–H and O–H groups in total. The van der Waals surface area contributed by atoms with Gasteiger partial charge in [0.05, 0.1) is 5.69 Å². The van der Waals surface area contributed by atoms with E-state index in [1.807, 2.05) is 40.6 Å². The summed E-state index contributed by atoms with van der Waals surface area (Å²) in [4.78, 5) is 11.2. The van der Waals surface area contributed by atoms with Gasteiger partial charge in [0.2, 0.25) is 0 Å². The molecule has 2 aromatic heterocycles. The summed E-state index contributed by atoms with van der Waals surface area (Å²) in [6, 6.07) is 6.01. The average Bonchev–Trinajstić information content (AvgIpc) is 2.90. The first-order valence-electron chi connectivity index (χ1n) is 6.88. The summed E-state index contributed by atoms with van der Waals surface area (Å²) in [6.07, 6.45) is 4.89. The molecular formula is C14H19N5S. The van der Waals surface area contributed by atoms with E-state index in [2.05, 4.69) is 21.1 Å². The van der Waals surface area contributed by atoms with Crippen molar-refractivity contribution in [3.8, 4) is 0 Å². The van der Waals surface area contributed by atoms with Crippen molar-refractivity contribution < 1.29 is 0 Å². The van der Waals surface area contributed by atoms with Crippen molar-refractivity contribution >= 4 is 23.4 Å². The molecular weight excluding hydrogens is 270 g/mol. The van der Waals surface area contributed by atoms with Gasteiger partial charge in [0, 0.05) is 50.0 Å². The quantitative estimate of drug-likeness (QED) is 0.682. The van der Waals surface area contributed by atoms with Crippen molar-refractivity contribution in [2.45, 2.75) is 6.42 Å². The van der Waals surface area contributed by atoms with Gasteiger partial charge in [-0.3, -0.25) is 4.99 Å². The lowest BCUT2D eigenvalue weighted by Crippen LogP contribution is -2.42. The summed E-state index contributed by atoms with van der Waals surface area (Å²) in [5, 5.41) is 0. The number of aliphatic imine (C=N–C) groups is 1. The molecule has 0 radical (unpaired) electrons. The minimum Gasteiger partial charge on any atom is -0.370 e. The molecule has 0 spiro atoms. The van der Waals surface area contributed by atoms with Gasteiger partial charge in [-0.05, 0) is 12.1 Å². The first-order chi connectivity index (χ1) is 9.83. The predicted molar refractivity (Wildman–Crippen MR) is 84.3 cm³/mol. The Morgan fingerprint density at radius 1 is 1.35 bits per heavy atom. The van der Waals surface area contributed by atoms with Crippen molar-refractivity contribution in [2.75, 3.05) is 31.1 Å². The number of pyridine rings is 1. The number of hydrogen-bond donors (Lipinski definition) is 1. The van der Waals surface area contributed by atoms with Crippen molar-refractivity contribution in [1.29, 1.82) is 0 Å². The molecule has 0 aliphatic carbocycles. The molecule has 3 heterocycles. The smallest absolute Gasteiger partial charge is 0.191 e. The monoisotopic (exact) mass is 289 g/mol. The Balaban J connectivity index is 1.58. The fraction of sp³-hybridized carbons (Fsp3) is 0.429. The van der Waals surface area contributed by atoms with Crippen LogP contribution in [0.4, 0.5) is 0 Å². The first-order valence-corrected chi connectivity index (χ1v) is 8.03. The zero-order chi connectivity index (χ0) is 13.8. The third kappa shape index (κ3) is 3.07. The Hall–Kier alpha value is -1.69. The van der Waals surface area contributed by atoms with Crippen LogP contribution in [0.25, 0.3) is 5.65 Å². The number of aromatic nitrogens is 2. The van der Waals surface area contributed by atoms with Crippen LogP contribution in [-0.2, 0) is 6.42 Å². The number of thioether (sulfide) groups is 1. The molecule has 3 rings (SSSR count). The Morgan fingerprint density at radius 2 is 2.20 bits per heavy atom. The maximum absolute atomic E-state index is 6.03. The van der Waals surface area contributed by atoms with E-state index >= 15 is 0 Å². The molecule has 1 aliphatic rings. The zero-order valence-electron chi connectivity index (χ0n) is 11.4. The second-order valence-electron chi connectivity index (χ2n) is 4.79. The van der Waals surface area contributed by atoms with Gasteiger partial charge in [-0.15, -0.1) is 0 Å². The second kappa shape index (κ2) is 6.17. The molecule has 0 amide bonds. The van der Waals surface area contributed by atoms with Gasteiger partial charge >= 0.3 is 0 Å². The highest BCUT2D eigenvalue weighted by atomic mass is 32.2. The molecule has 2 aromatic rings. The number of nitrogens with two attached hydrogens (primary N) is 1. The summed E-state index contributed by atoms with van der Waals surface area (Å²) in [6.45, 7) is 2.71. The second-order valence-corrected chi connectivity index (χ2v) is 6.01. The number of nitrogens with zero attached hydrogens (tertiary/aromatic N) is 4. The lowest BCUT2D eigenvalue weighted by atomic mass is 10.3. The Kier molecular flexibility index (Phi) is 4.11. The number of guanidine groups is 1. The van der Waals surface area contributed by atoms with Crippen molar-refractivity contribution in [3.63, 3.8) is 0 Å². The lowest BCUT2D eigenvalue weighted by Gasteiger charge is -2.27. The predicted octanol–water partition coefficient (Wildman–Crippen LogP) is 1.24. The fourth-order valence-corrected chi connectivity index (χ4v) is 3.19. The van der Waals surface area contributed by atoms with E-state index in [0.29, 0.717) is 12.5 Å². The maximum atomic E-state index is 6.03. The maximum Gasteiger partial charge on any atom is 0.191 e. The standard InChI is InChI=1S/C14H19N5S/c15-14(18-7-9-20-10-8-18)16-5-4-12-11-19-6-2-1-3-13(19)17-12/h1-3,6,11H,4-5,7-10H2,(H2,15,16). The molecule has 106 valence electrons. The summed E-state index contributed by atoms with van der Waals surface area (Å²) in [7, 11) is 0. The molecule has 0 saturated carbocycles. The van der Waals surface area contributed by atoms with Crippen LogP contribution in [0.3, 0.4) is 0 Å². The van der Waals surface area contributed by atoms with E-state index in [4.69, 9.17) is 5.73 Å². The number of rotatable bonds is 3. The van der Waals surface area contributed by atoms with E-state index in [1.54, 1.807) is 0 Å². The van der Waals surface area contributed by atoms with E-state index in [9.17, 15) is 0 Å². The van der Waals surface area contributed by atoms with Crippen LogP contribution in [0.5, 0.6) is 0 Å². The molecule has 1 fully saturated rings.